The molecule has 0 aliphatic heterocycles. The van der Waals surface area contributed by atoms with E-state index in [2.05, 4.69) is 15.5 Å². The molecule has 0 saturated carbocycles. The third-order valence-corrected chi connectivity index (χ3v) is 3.67. The molecule has 21 heavy (non-hydrogen) atoms. The molecular weight excluding hydrogens is 292 g/mol. The van der Waals surface area contributed by atoms with Gasteiger partial charge in [0.2, 0.25) is 5.91 Å². The maximum Gasteiger partial charge on any atom is 0.234 e. The van der Waals surface area contributed by atoms with Crippen LogP contribution in [0.15, 0.2) is 29.7 Å². The van der Waals surface area contributed by atoms with Crippen molar-refractivity contribution in [3.8, 4) is 11.5 Å². The molecule has 0 unspecified atom stereocenters. The molecule has 0 radical (unpaired) electrons. The van der Waals surface area contributed by atoms with Crippen molar-refractivity contribution in [1.82, 2.24) is 14.8 Å². The maximum atomic E-state index is 11.9. The molecule has 2 aromatic rings. The van der Waals surface area contributed by atoms with Crippen LogP contribution in [0.1, 0.15) is 0 Å². The first-order valence-corrected chi connectivity index (χ1v) is 7.10. The number of hydrogen-bond donors (Lipinski definition) is 1. The number of carbonyl (C=O) groups is 1. The fourth-order valence-electron chi connectivity index (χ4n) is 1.61. The van der Waals surface area contributed by atoms with Crippen molar-refractivity contribution in [2.45, 2.75) is 5.16 Å². The lowest BCUT2D eigenvalue weighted by molar-refractivity contribution is -0.113. The van der Waals surface area contributed by atoms with Gasteiger partial charge in [0.25, 0.3) is 0 Å². The van der Waals surface area contributed by atoms with Gasteiger partial charge in [-0.15, -0.1) is 10.2 Å². The lowest BCUT2D eigenvalue weighted by Crippen LogP contribution is -2.14. The zero-order valence-corrected chi connectivity index (χ0v) is 12.8. The van der Waals surface area contributed by atoms with Crippen molar-refractivity contribution in [2.75, 3.05) is 25.3 Å². The molecular formula is C13H16N4O3S. The number of aromatic nitrogens is 3. The van der Waals surface area contributed by atoms with E-state index in [0.29, 0.717) is 22.3 Å². The molecule has 7 nitrogen and oxygen atoms in total. The summed E-state index contributed by atoms with van der Waals surface area (Å²) in [6.45, 7) is 0. The number of methoxy groups -OCH3 is 2. The molecule has 0 fully saturated rings. The minimum absolute atomic E-state index is 0.140. The van der Waals surface area contributed by atoms with Crippen LogP contribution in [-0.4, -0.2) is 40.6 Å². The Hall–Kier alpha value is -2.22. The average molecular weight is 308 g/mol. The summed E-state index contributed by atoms with van der Waals surface area (Å²) >= 11 is 1.32. The summed E-state index contributed by atoms with van der Waals surface area (Å²) in [6.07, 6.45) is 1.59. The third kappa shape index (κ3) is 4.12. The van der Waals surface area contributed by atoms with E-state index in [1.807, 2.05) is 7.05 Å². The fourth-order valence-corrected chi connectivity index (χ4v) is 2.30. The smallest absolute Gasteiger partial charge is 0.234 e. The van der Waals surface area contributed by atoms with E-state index in [1.165, 1.54) is 11.8 Å². The van der Waals surface area contributed by atoms with Gasteiger partial charge in [0.1, 0.15) is 17.8 Å². The van der Waals surface area contributed by atoms with Gasteiger partial charge >= 0.3 is 0 Å². The van der Waals surface area contributed by atoms with E-state index in [9.17, 15) is 4.79 Å². The average Bonchev–Trinajstić information content (AvgIpc) is 2.90. The second kappa shape index (κ2) is 6.98. The zero-order chi connectivity index (χ0) is 15.2. The van der Waals surface area contributed by atoms with E-state index in [0.717, 1.165) is 0 Å². The number of anilines is 1. The first-order valence-electron chi connectivity index (χ1n) is 6.12. The number of rotatable bonds is 6. The lowest BCUT2D eigenvalue weighted by Gasteiger charge is -2.09. The maximum absolute atomic E-state index is 11.9. The molecule has 0 aliphatic rings. The van der Waals surface area contributed by atoms with Crippen molar-refractivity contribution in [3.05, 3.63) is 24.5 Å². The van der Waals surface area contributed by atoms with Crippen LogP contribution >= 0.6 is 11.8 Å². The van der Waals surface area contributed by atoms with Crippen LogP contribution < -0.4 is 14.8 Å². The molecule has 1 N–H and O–H groups in total. The largest absolute Gasteiger partial charge is 0.497 e. The number of nitrogens with zero attached hydrogens (tertiary/aromatic N) is 3. The van der Waals surface area contributed by atoms with Gasteiger partial charge < -0.3 is 19.4 Å². The fraction of sp³-hybridized carbons (Fsp3) is 0.308. The summed E-state index contributed by atoms with van der Waals surface area (Å²) in [6, 6.07) is 5.20. The van der Waals surface area contributed by atoms with Gasteiger partial charge in [-0.25, -0.2) is 0 Å². The summed E-state index contributed by atoms with van der Waals surface area (Å²) in [7, 11) is 4.95. The molecule has 0 spiro atoms. The first-order chi connectivity index (χ1) is 10.1. The summed E-state index contributed by atoms with van der Waals surface area (Å²) < 4.78 is 12.1. The Balaban J connectivity index is 1.97. The van der Waals surface area contributed by atoms with Crippen molar-refractivity contribution in [1.29, 1.82) is 0 Å². The highest BCUT2D eigenvalue weighted by Crippen LogP contribution is 2.26. The molecule has 1 aromatic heterocycles. The molecule has 0 aliphatic carbocycles. The van der Waals surface area contributed by atoms with Gasteiger partial charge in [0.15, 0.2) is 5.16 Å². The number of ether oxygens (including phenoxy) is 2. The van der Waals surface area contributed by atoms with Gasteiger partial charge in [-0.05, 0) is 0 Å². The third-order valence-electron chi connectivity index (χ3n) is 2.64. The molecule has 1 aromatic carbocycles. The molecule has 112 valence electrons. The Kier molecular flexibility index (Phi) is 5.04. The van der Waals surface area contributed by atoms with E-state index in [1.54, 1.807) is 43.3 Å². The number of carbonyl (C=O) groups excluding carboxylic acids is 1. The topological polar surface area (TPSA) is 78.3 Å². The summed E-state index contributed by atoms with van der Waals surface area (Å²) in [5.41, 5.74) is 0.620. The Morgan fingerprint density at radius 1 is 1.29 bits per heavy atom. The van der Waals surface area contributed by atoms with E-state index < -0.39 is 0 Å². The molecule has 0 bridgehead atoms. The van der Waals surface area contributed by atoms with Crippen molar-refractivity contribution >= 4 is 23.4 Å². The number of aryl methyl sites for hydroxylation is 1. The predicted molar refractivity (Wildman–Crippen MR) is 79.9 cm³/mol. The van der Waals surface area contributed by atoms with Gasteiger partial charge in [0.05, 0.1) is 20.0 Å². The predicted octanol–water partition coefficient (Wildman–Crippen LogP) is 1.56. The van der Waals surface area contributed by atoms with Crippen molar-refractivity contribution in [3.63, 3.8) is 0 Å². The highest BCUT2D eigenvalue weighted by atomic mass is 32.2. The molecule has 0 atom stereocenters. The minimum atomic E-state index is -0.140. The van der Waals surface area contributed by atoms with E-state index >= 15 is 0 Å². The minimum Gasteiger partial charge on any atom is -0.497 e. The molecule has 8 heteroatoms. The Labute approximate surface area is 126 Å². The molecule has 1 heterocycles. The lowest BCUT2D eigenvalue weighted by atomic mass is 10.2. The quantitative estimate of drug-likeness (QED) is 0.816. The van der Waals surface area contributed by atoms with Crippen LogP contribution in [0.3, 0.4) is 0 Å². The number of nitrogens with one attached hydrogen (secondary N) is 1. The van der Waals surface area contributed by atoms with Gasteiger partial charge in [-0.2, -0.15) is 0 Å². The monoisotopic (exact) mass is 308 g/mol. The standard InChI is InChI=1S/C13H16N4O3S/c1-17-8-14-16-13(17)21-7-12(18)15-9-4-10(19-2)6-11(5-9)20-3/h4-6,8H,7H2,1-3H3,(H,15,18). The number of benzene rings is 1. The van der Waals surface area contributed by atoms with Crippen molar-refractivity contribution < 1.29 is 14.3 Å². The Bertz CT molecular complexity index is 607. The first kappa shape index (κ1) is 15.2. The Morgan fingerprint density at radius 2 is 1.95 bits per heavy atom. The molecule has 1 amide bonds. The van der Waals surface area contributed by atoms with Crippen LogP contribution in [0.5, 0.6) is 11.5 Å². The highest BCUT2D eigenvalue weighted by molar-refractivity contribution is 7.99. The summed E-state index contributed by atoms with van der Waals surface area (Å²) in [5, 5.41) is 11.1. The molecule has 2 rings (SSSR count). The number of hydrogen-bond acceptors (Lipinski definition) is 6. The van der Waals surface area contributed by atoms with Crippen LogP contribution in [-0.2, 0) is 11.8 Å². The zero-order valence-electron chi connectivity index (χ0n) is 12.0. The van der Waals surface area contributed by atoms with E-state index in [4.69, 9.17) is 9.47 Å². The second-order valence-corrected chi connectivity index (χ2v) is 5.11. The normalized spacial score (nSPS) is 10.2. The molecule has 0 saturated heterocycles. The van der Waals surface area contributed by atoms with Crippen molar-refractivity contribution in [2.24, 2.45) is 7.05 Å². The van der Waals surface area contributed by atoms with Crippen LogP contribution in [0, 0.1) is 0 Å². The van der Waals surface area contributed by atoms with Gasteiger partial charge in [0, 0.05) is 30.9 Å². The van der Waals surface area contributed by atoms with E-state index in [-0.39, 0.29) is 11.7 Å². The van der Waals surface area contributed by atoms with Crippen LogP contribution in [0.2, 0.25) is 0 Å². The van der Waals surface area contributed by atoms with Crippen LogP contribution in [0.25, 0.3) is 0 Å². The van der Waals surface area contributed by atoms with Crippen LogP contribution in [0.4, 0.5) is 5.69 Å². The summed E-state index contributed by atoms with van der Waals surface area (Å²) in [4.78, 5) is 11.9. The Morgan fingerprint density at radius 3 is 2.48 bits per heavy atom. The SMILES string of the molecule is COc1cc(NC(=O)CSc2nncn2C)cc(OC)c1. The summed E-state index contributed by atoms with van der Waals surface area (Å²) in [5.74, 6) is 1.33. The number of thioether (sulfide) groups is 1. The van der Waals surface area contributed by atoms with Gasteiger partial charge in [-0.1, -0.05) is 11.8 Å². The van der Waals surface area contributed by atoms with Gasteiger partial charge in [-0.3, -0.25) is 4.79 Å². The second-order valence-electron chi connectivity index (χ2n) is 4.16. The highest BCUT2D eigenvalue weighted by Gasteiger charge is 2.09. The number of amides is 1.